The van der Waals surface area contributed by atoms with Gasteiger partial charge in [-0.2, -0.15) is 0 Å². The van der Waals surface area contributed by atoms with E-state index in [0.29, 0.717) is 0 Å². The monoisotopic (exact) mass is 191 g/mol. The van der Waals surface area contributed by atoms with Crippen molar-refractivity contribution in [3.63, 3.8) is 0 Å². The third-order valence-electron chi connectivity index (χ3n) is 3.89. The highest BCUT2D eigenvalue weighted by atomic mass is 14.9. The largest absolute Gasteiger partial charge is 0.315 e. The van der Waals surface area contributed by atoms with E-state index in [1.54, 1.807) is 0 Å². The minimum atomic E-state index is 0.989. The van der Waals surface area contributed by atoms with E-state index in [2.05, 4.69) is 17.2 Å². The van der Waals surface area contributed by atoms with Crippen molar-refractivity contribution >= 4 is 0 Å². The molecule has 1 heteroatoms. The fourth-order valence-corrected chi connectivity index (χ4v) is 3.19. The van der Waals surface area contributed by atoms with Crippen LogP contribution in [0.25, 0.3) is 0 Å². The standard InChI is InChI=1S/C13H21N/c1-2-3-4-7-14-10-13-9-11-5-6-12(13)8-11/h11-14H,4-10H2,1H3. The van der Waals surface area contributed by atoms with Crippen molar-refractivity contribution in [3.05, 3.63) is 0 Å². The molecule has 0 saturated heterocycles. The molecule has 0 aromatic heterocycles. The lowest BCUT2D eigenvalue weighted by atomic mass is 9.89. The molecule has 0 heterocycles. The average Bonchev–Trinajstić information content (AvgIpc) is 2.79. The molecule has 0 aliphatic heterocycles. The average molecular weight is 191 g/mol. The van der Waals surface area contributed by atoms with Gasteiger partial charge in [0.15, 0.2) is 0 Å². The van der Waals surface area contributed by atoms with Crippen LogP contribution in [0.5, 0.6) is 0 Å². The molecule has 0 amide bonds. The normalized spacial score (nSPS) is 34.2. The van der Waals surface area contributed by atoms with Crippen LogP contribution in [0.1, 0.15) is 39.0 Å². The maximum absolute atomic E-state index is 3.54. The first-order valence-corrected chi connectivity index (χ1v) is 6.00. The summed E-state index contributed by atoms with van der Waals surface area (Å²) < 4.78 is 0. The Balaban J connectivity index is 1.59. The molecule has 3 unspecified atom stereocenters. The fraction of sp³-hybridized carbons (Fsp3) is 0.846. The highest BCUT2D eigenvalue weighted by molar-refractivity contribution is 4.95. The van der Waals surface area contributed by atoms with Crippen LogP contribution >= 0.6 is 0 Å². The molecular formula is C13H21N. The molecule has 1 nitrogen and oxygen atoms in total. The van der Waals surface area contributed by atoms with Crippen LogP contribution in [0, 0.1) is 29.6 Å². The molecule has 0 aromatic rings. The van der Waals surface area contributed by atoms with Crippen molar-refractivity contribution in [3.8, 4) is 11.8 Å². The molecule has 2 aliphatic carbocycles. The molecule has 0 radical (unpaired) electrons. The lowest BCUT2D eigenvalue weighted by Crippen LogP contribution is -2.27. The number of hydrogen-bond donors (Lipinski definition) is 1. The highest BCUT2D eigenvalue weighted by Gasteiger charge is 2.38. The Morgan fingerprint density at radius 1 is 1.29 bits per heavy atom. The summed E-state index contributed by atoms with van der Waals surface area (Å²) in [6.07, 6.45) is 7.06. The summed E-state index contributed by atoms with van der Waals surface area (Å²) in [5.74, 6) is 9.16. The third-order valence-corrected chi connectivity index (χ3v) is 3.89. The van der Waals surface area contributed by atoms with Gasteiger partial charge < -0.3 is 5.32 Å². The van der Waals surface area contributed by atoms with Gasteiger partial charge in [-0.1, -0.05) is 6.42 Å². The zero-order chi connectivity index (χ0) is 9.80. The molecule has 14 heavy (non-hydrogen) atoms. The third kappa shape index (κ3) is 2.30. The van der Waals surface area contributed by atoms with E-state index >= 15 is 0 Å². The van der Waals surface area contributed by atoms with Gasteiger partial charge in [0.05, 0.1) is 0 Å². The molecular weight excluding hydrogens is 170 g/mol. The van der Waals surface area contributed by atoms with Crippen molar-refractivity contribution in [1.29, 1.82) is 0 Å². The number of fused-ring (bicyclic) bond motifs is 2. The predicted octanol–water partition coefficient (Wildman–Crippen LogP) is 2.43. The quantitative estimate of drug-likeness (QED) is 0.531. The maximum atomic E-state index is 3.54. The van der Waals surface area contributed by atoms with Gasteiger partial charge in [-0.25, -0.2) is 0 Å². The van der Waals surface area contributed by atoms with Crippen molar-refractivity contribution in [1.82, 2.24) is 5.32 Å². The SMILES string of the molecule is CC#CCCNCC1CC2CCC1C2. The van der Waals surface area contributed by atoms with Gasteiger partial charge in [0.25, 0.3) is 0 Å². The van der Waals surface area contributed by atoms with Crippen LogP contribution in [-0.4, -0.2) is 13.1 Å². The second kappa shape index (κ2) is 4.84. The van der Waals surface area contributed by atoms with Crippen LogP contribution in [0.3, 0.4) is 0 Å². The van der Waals surface area contributed by atoms with E-state index in [1.165, 1.54) is 32.2 Å². The van der Waals surface area contributed by atoms with Crippen molar-refractivity contribution in [2.75, 3.05) is 13.1 Å². The molecule has 2 saturated carbocycles. The Morgan fingerprint density at radius 2 is 2.21 bits per heavy atom. The van der Waals surface area contributed by atoms with E-state index in [0.717, 1.165) is 30.7 Å². The zero-order valence-corrected chi connectivity index (χ0v) is 9.18. The van der Waals surface area contributed by atoms with Crippen LogP contribution in [0.2, 0.25) is 0 Å². The van der Waals surface area contributed by atoms with Gasteiger partial charge >= 0.3 is 0 Å². The van der Waals surface area contributed by atoms with Gasteiger partial charge in [0.1, 0.15) is 0 Å². The van der Waals surface area contributed by atoms with Gasteiger partial charge in [-0.05, 0) is 50.5 Å². The summed E-state index contributed by atoms with van der Waals surface area (Å²) in [4.78, 5) is 0. The minimum absolute atomic E-state index is 0.989. The Bertz CT molecular complexity index is 235. The Morgan fingerprint density at radius 3 is 2.86 bits per heavy atom. The second-order valence-electron chi connectivity index (χ2n) is 4.82. The van der Waals surface area contributed by atoms with E-state index in [9.17, 15) is 0 Å². The summed E-state index contributed by atoms with van der Waals surface area (Å²) in [6, 6.07) is 0. The van der Waals surface area contributed by atoms with Crippen LogP contribution in [-0.2, 0) is 0 Å². The van der Waals surface area contributed by atoms with E-state index in [-0.39, 0.29) is 0 Å². The first-order valence-electron chi connectivity index (χ1n) is 6.00. The topological polar surface area (TPSA) is 12.0 Å². The van der Waals surface area contributed by atoms with E-state index in [4.69, 9.17) is 0 Å². The molecule has 2 bridgehead atoms. The Kier molecular flexibility index (Phi) is 3.48. The minimum Gasteiger partial charge on any atom is -0.315 e. The van der Waals surface area contributed by atoms with Gasteiger partial charge in [-0.15, -0.1) is 11.8 Å². The Hall–Kier alpha value is -0.480. The van der Waals surface area contributed by atoms with Gasteiger partial charge in [0, 0.05) is 13.0 Å². The molecule has 1 N–H and O–H groups in total. The summed E-state index contributed by atoms with van der Waals surface area (Å²) in [5.41, 5.74) is 0. The number of nitrogens with one attached hydrogen (secondary N) is 1. The summed E-state index contributed by atoms with van der Waals surface area (Å²) >= 11 is 0. The molecule has 78 valence electrons. The molecule has 2 aliphatic rings. The summed E-state index contributed by atoms with van der Waals surface area (Å²) in [7, 11) is 0. The molecule has 2 fully saturated rings. The molecule has 2 rings (SSSR count). The molecule has 0 aromatic carbocycles. The number of hydrogen-bond acceptors (Lipinski definition) is 1. The van der Waals surface area contributed by atoms with Crippen LogP contribution in [0.4, 0.5) is 0 Å². The number of rotatable bonds is 4. The lowest BCUT2D eigenvalue weighted by Gasteiger charge is -2.21. The fourth-order valence-electron chi connectivity index (χ4n) is 3.19. The molecule has 0 spiro atoms. The first-order chi connectivity index (χ1) is 6.90. The highest BCUT2D eigenvalue weighted by Crippen LogP contribution is 2.47. The summed E-state index contributed by atoms with van der Waals surface area (Å²) in [5, 5.41) is 3.54. The second-order valence-corrected chi connectivity index (χ2v) is 4.82. The molecule has 3 atom stereocenters. The van der Waals surface area contributed by atoms with E-state index in [1.807, 2.05) is 6.92 Å². The van der Waals surface area contributed by atoms with Gasteiger partial charge in [-0.3, -0.25) is 0 Å². The van der Waals surface area contributed by atoms with Crippen LogP contribution < -0.4 is 5.32 Å². The predicted molar refractivity (Wildman–Crippen MR) is 59.9 cm³/mol. The zero-order valence-electron chi connectivity index (χ0n) is 9.18. The Labute approximate surface area is 87.7 Å². The smallest absolute Gasteiger partial charge is 0.0214 e. The van der Waals surface area contributed by atoms with Crippen molar-refractivity contribution < 1.29 is 0 Å². The van der Waals surface area contributed by atoms with Crippen LogP contribution in [0.15, 0.2) is 0 Å². The van der Waals surface area contributed by atoms with Crippen molar-refractivity contribution in [2.24, 2.45) is 17.8 Å². The van der Waals surface area contributed by atoms with Gasteiger partial charge in [0.2, 0.25) is 0 Å². The maximum Gasteiger partial charge on any atom is 0.0214 e. The first kappa shape index (κ1) is 10.1. The van der Waals surface area contributed by atoms with E-state index < -0.39 is 0 Å². The lowest BCUT2D eigenvalue weighted by molar-refractivity contribution is 0.320. The summed E-state index contributed by atoms with van der Waals surface area (Å²) in [6.45, 7) is 4.23. The van der Waals surface area contributed by atoms with Crippen molar-refractivity contribution in [2.45, 2.75) is 39.0 Å².